The number of aromatic nitrogens is 1. The van der Waals surface area contributed by atoms with E-state index in [-0.39, 0.29) is 11.7 Å². The van der Waals surface area contributed by atoms with Gasteiger partial charge >= 0.3 is 0 Å². The summed E-state index contributed by atoms with van der Waals surface area (Å²) in [6.07, 6.45) is 1.57. The molecule has 0 aliphatic carbocycles. The number of carbonyl (C=O) groups is 1. The van der Waals surface area contributed by atoms with Crippen molar-refractivity contribution in [3.8, 4) is 0 Å². The molecule has 1 heterocycles. The van der Waals surface area contributed by atoms with E-state index in [0.29, 0.717) is 11.3 Å². The largest absolute Gasteiger partial charge is 0.370 e. The number of halogens is 1. The summed E-state index contributed by atoms with van der Waals surface area (Å²) in [6.45, 7) is 2.76. The fourth-order valence-electron chi connectivity index (χ4n) is 1.56. The van der Waals surface area contributed by atoms with Crippen LogP contribution >= 0.6 is 0 Å². The molecule has 0 aliphatic rings. The van der Waals surface area contributed by atoms with Crippen LogP contribution in [0, 0.1) is 5.82 Å². The van der Waals surface area contributed by atoms with E-state index in [9.17, 15) is 9.18 Å². The van der Waals surface area contributed by atoms with Gasteiger partial charge in [-0.25, -0.2) is 9.37 Å². The number of pyridine rings is 1. The summed E-state index contributed by atoms with van der Waals surface area (Å²) < 4.78 is 12.7. The lowest BCUT2D eigenvalue weighted by Gasteiger charge is -2.06. The smallest absolute Gasteiger partial charge is 0.255 e. The predicted octanol–water partition coefficient (Wildman–Crippen LogP) is 2.90. The van der Waals surface area contributed by atoms with E-state index in [4.69, 9.17) is 0 Å². The Morgan fingerprint density at radius 3 is 2.53 bits per heavy atom. The molecule has 0 fully saturated rings. The zero-order valence-electron chi connectivity index (χ0n) is 10.5. The van der Waals surface area contributed by atoms with E-state index in [1.54, 1.807) is 18.3 Å². The van der Waals surface area contributed by atoms with Crippen molar-refractivity contribution in [1.29, 1.82) is 0 Å². The Morgan fingerprint density at radius 1 is 1.21 bits per heavy atom. The van der Waals surface area contributed by atoms with E-state index in [1.807, 2.05) is 6.92 Å². The lowest BCUT2D eigenvalue weighted by atomic mass is 10.2. The third kappa shape index (κ3) is 3.51. The highest BCUT2D eigenvalue weighted by Gasteiger charge is 2.06. The van der Waals surface area contributed by atoms with Crippen molar-refractivity contribution in [2.75, 3.05) is 17.2 Å². The van der Waals surface area contributed by atoms with Gasteiger partial charge in [0.15, 0.2) is 0 Å². The van der Waals surface area contributed by atoms with Gasteiger partial charge in [0, 0.05) is 12.1 Å². The SMILES string of the molecule is CCNc1ccc(NC(=O)c2ccc(F)cc2)cn1. The number of benzene rings is 1. The van der Waals surface area contributed by atoms with Crippen LogP contribution in [0.25, 0.3) is 0 Å². The van der Waals surface area contributed by atoms with Gasteiger partial charge in [-0.05, 0) is 43.3 Å². The number of hydrogen-bond donors (Lipinski definition) is 2. The number of nitrogens with one attached hydrogen (secondary N) is 2. The van der Waals surface area contributed by atoms with E-state index in [2.05, 4.69) is 15.6 Å². The highest BCUT2D eigenvalue weighted by atomic mass is 19.1. The second-order valence-corrected chi connectivity index (χ2v) is 3.92. The molecule has 0 saturated carbocycles. The number of anilines is 2. The molecule has 0 bridgehead atoms. The molecule has 1 aromatic carbocycles. The van der Waals surface area contributed by atoms with E-state index >= 15 is 0 Å². The van der Waals surface area contributed by atoms with Crippen LogP contribution < -0.4 is 10.6 Å². The maximum absolute atomic E-state index is 12.7. The second-order valence-electron chi connectivity index (χ2n) is 3.92. The molecule has 2 N–H and O–H groups in total. The molecule has 1 aromatic heterocycles. The topological polar surface area (TPSA) is 54.0 Å². The lowest BCUT2D eigenvalue weighted by Crippen LogP contribution is -2.12. The number of nitrogens with zero attached hydrogens (tertiary/aromatic N) is 1. The molecule has 2 aromatic rings. The molecule has 0 spiro atoms. The molecule has 0 saturated heterocycles. The second kappa shape index (κ2) is 5.95. The van der Waals surface area contributed by atoms with E-state index < -0.39 is 0 Å². The van der Waals surface area contributed by atoms with Gasteiger partial charge in [0.2, 0.25) is 0 Å². The standard InChI is InChI=1S/C14H14FN3O/c1-2-16-13-8-7-12(9-17-13)18-14(19)10-3-5-11(15)6-4-10/h3-9H,2H2,1H3,(H,16,17)(H,18,19). The summed E-state index contributed by atoms with van der Waals surface area (Å²) in [5.41, 5.74) is 0.994. The third-order valence-corrected chi connectivity index (χ3v) is 2.49. The average molecular weight is 259 g/mol. The van der Waals surface area contributed by atoms with Gasteiger partial charge in [0.25, 0.3) is 5.91 Å². The van der Waals surface area contributed by atoms with Crippen molar-refractivity contribution in [2.24, 2.45) is 0 Å². The van der Waals surface area contributed by atoms with Crippen LogP contribution in [0.4, 0.5) is 15.9 Å². The van der Waals surface area contributed by atoms with Gasteiger partial charge in [-0.1, -0.05) is 0 Å². The summed E-state index contributed by atoms with van der Waals surface area (Å²) in [5.74, 6) is 0.0912. The van der Waals surface area contributed by atoms with Crippen molar-refractivity contribution >= 4 is 17.4 Å². The number of rotatable bonds is 4. The molecule has 0 radical (unpaired) electrons. The Balaban J connectivity index is 2.04. The van der Waals surface area contributed by atoms with Gasteiger partial charge in [-0.3, -0.25) is 4.79 Å². The monoisotopic (exact) mass is 259 g/mol. The molecule has 2 rings (SSSR count). The van der Waals surface area contributed by atoms with Crippen molar-refractivity contribution in [3.63, 3.8) is 0 Å². The third-order valence-electron chi connectivity index (χ3n) is 2.49. The summed E-state index contributed by atoms with van der Waals surface area (Å²) in [7, 11) is 0. The highest BCUT2D eigenvalue weighted by Crippen LogP contribution is 2.11. The molecule has 0 aliphatic heterocycles. The Hall–Kier alpha value is -2.43. The molecule has 4 nitrogen and oxygen atoms in total. The first-order chi connectivity index (χ1) is 9.19. The first kappa shape index (κ1) is 13.0. The van der Waals surface area contributed by atoms with Gasteiger partial charge in [0.1, 0.15) is 11.6 Å². The van der Waals surface area contributed by atoms with Crippen LogP contribution in [-0.4, -0.2) is 17.4 Å². The van der Waals surface area contributed by atoms with Crippen LogP contribution in [0.3, 0.4) is 0 Å². The Kier molecular flexibility index (Phi) is 4.07. The Morgan fingerprint density at radius 2 is 1.95 bits per heavy atom. The first-order valence-corrected chi connectivity index (χ1v) is 5.96. The van der Waals surface area contributed by atoms with Crippen LogP contribution in [0.2, 0.25) is 0 Å². The normalized spacial score (nSPS) is 10.0. The van der Waals surface area contributed by atoms with Gasteiger partial charge < -0.3 is 10.6 Å². The maximum Gasteiger partial charge on any atom is 0.255 e. The minimum absolute atomic E-state index is 0.294. The molecular formula is C14H14FN3O. The molecule has 1 amide bonds. The summed E-state index contributed by atoms with van der Waals surface area (Å²) in [5, 5.41) is 5.76. The minimum atomic E-state index is -0.367. The summed E-state index contributed by atoms with van der Waals surface area (Å²) in [4.78, 5) is 16.0. The van der Waals surface area contributed by atoms with Crippen LogP contribution in [0.15, 0.2) is 42.6 Å². The van der Waals surface area contributed by atoms with Crippen molar-refractivity contribution in [2.45, 2.75) is 6.92 Å². The number of amides is 1. The molecule has 0 unspecified atom stereocenters. The van der Waals surface area contributed by atoms with Crippen LogP contribution in [0.5, 0.6) is 0 Å². The number of carbonyl (C=O) groups excluding carboxylic acids is 1. The van der Waals surface area contributed by atoms with Crippen molar-refractivity contribution in [1.82, 2.24) is 4.98 Å². The maximum atomic E-state index is 12.7. The van der Waals surface area contributed by atoms with Gasteiger partial charge in [-0.15, -0.1) is 0 Å². The fraction of sp³-hybridized carbons (Fsp3) is 0.143. The summed E-state index contributed by atoms with van der Waals surface area (Å²) in [6, 6.07) is 8.91. The zero-order chi connectivity index (χ0) is 13.7. The van der Waals surface area contributed by atoms with Crippen LogP contribution in [-0.2, 0) is 0 Å². The molecule has 0 atom stereocenters. The van der Waals surface area contributed by atoms with Gasteiger partial charge in [-0.2, -0.15) is 0 Å². The highest BCUT2D eigenvalue weighted by molar-refractivity contribution is 6.04. The fourth-order valence-corrected chi connectivity index (χ4v) is 1.56. The molecule has 19 heavy (non-hydrogen) atoms. The zero-order valence-corrected chi connectivity index (χ0v) is 10.5. The minimum Gasteiger partial charge on any atom is -0.370 e. The van der Waals surface area contributed by atoms with Gasteiger partial charge in [0.05, 0.1) is 11.9 Å². The van der Waals surface area contributed by atoms with E-state index in [0.717, 1.165) is 12.4 Å². The average Bonchev–Trinajstić information content (AvgIpc) is 2.42. The van der Waals surface area contributed by atoms with Crippen molar-refractivity contribution in [3.05, 3.63) is 54.0 Å². The van der Waals surface area contributed by atoms with Crippen LogP contribution in [0.1, 0.15) is 17.3 Å². The Labute approximate surface area is 110 Å². The predicted molar refractivity (Wildman–Crippen MR) is 72.8 cm³/mol. The summed E-state index contributed by atoms with van der Waals surface area (Å²) >= 11 is 0. The molecule has 5 heteroatoms. The molecule has 98 valence electrons. The lowest BCUT2D eigenvalue weighted by molar-refractivity contribution is 0.102. The molecular weight excluding hydrogens is 245 g/mol. The first-order valence-electron chi connectivity index (χ1n) is 5.96. The van der Waals surface area contributed by atoms with Crippen molar-refractivity contribution < 1.29 is 9.18 Å². The quantitative estimate of drug-likeness (QED) is 0.887. The Bertz CT molecular complexity index is 552. The number of hydrogen-bond acceptors (Lipinski definition) is 3. The van der Waals surface area contributed by atoms with E-state index in [1.165, 1.54) is 24.3 Å².